The van der Waals surface area contributed by atoms with Crippen molar-refractivity contribution in [2.75, 3.05) is 5.73 Å². The Kier molecular flexibility index (Phi) is 4.82. The third kappa shape index (κ3) is 3.50. The summed E-state index contributed by atoms with van der Waals surface area (Å²) in [5, 5.41) is 9.01. The van der Waals surface area contributed by atoms with Crippen LogP contribution in [0.2, 0.25) is 0 Å². The molecule has 0 spiro atoms. The van der Waals surface area contributed by atoms with Gasteiger partial charge in [-0.05, 0) is 66.2 Å². The monoisotopic (exact) mass is 505 g/mol. The Hall–Kier alpha value is -2.78. The minimum absolute atomic E-state index is 0.0600. The number of halogens is 2. The van der Waals surface area contributed by atoms with Gasteiger partial charge >= 0.3 is 7.12 Å². The first kappa shape index (κ1) is 23.3. The van der Waals surface area contributed by atoms with Gasteiger partial charge in [0.05, 0.1) is 29.1 Å². The van der Waals surface area contributed by atoms with E-state index < -0.39 is 19.1 Å². The van der Waals surface area contributed by atoms with E-state index in [-0.39, 0.29) is 30.0 Å². The van der Waals surface area contributed by atoms with E-state index in [0.717, 1.165) is 28.4 Å². The maximum absolute atomic E-state index is 13.5. The zero-order chi connectivity index (χ0) is 25.7. The second-order valence-electron chi connectivity index (χ2n) is 12.1. The van der Waals surface area contributed by atoms with Crippen LogP contribution in [0.1, 0.15) is 46.5 Å². The lowest BCUT2D eigenvalue weighted by atomic mass is 9.43. The van der Waals surface area contributed by atoms with Crippen molar-refractivity contribution in [2.24, 2.45) is 17.3 Å². The fraction of sp³-hybridized carbons (Fsp3) is 0.500. The van der Waals surface area contributed by atoms with E-state index >= 15 is 0 Å². The Bertz CT molecular complexity index is 1410. The molecule has 4 atom stereocenters. The van der Waals surface area contributed by atoms with Gasteiger partial charge in [0.15, 0.2) is 0 Å². The summed E-state index contributed by atoms with van der Waals surface area (Å²) in [6, 6.07) is 11.5. The van der Waals surface area contributed by atoms with Crippen LogP contribution in [0.5, 0.6) is 5.75 Å². The van der Waals surface area contributed by atoms with Gasteiger partial charge in [0, 0.05) is 23.8 Å². The molecule has 0 radical (unpaired) electrons. The van der Waals surface area contributed by atoms with E-state index in [9.17, 15) is 8.78 Å². The van der Waals surface area contributed by atoms with E-state index in [1.54, 1.807) is 0 Å². The van der Waals surface area contributed by atoms with Gasteiger partial charge in [0.1, 0.15) is 11.9 Å². The molecule has 192 valence electrons. The van der Waals surface area contributed by atoms with Crippen LogP contribution >= 0.6 is 0 Å². The maximum atomic E-state index is 13.5. The molecule has 37 heavy (non-hydrogen) atoms. The Morgan fingerprint density at radius 1 is 1.08 bits per heavy atom. The summed E-state index contributed by atoms with van der Waals surface area (Å²) in [4.78, 5) is 0. The fourth-order valence-electron chi connectivity index (χ4n) is 7.15. The van der Waals surface area contributed by atoms with Crippen molar-refractivity contribution in [1.82, 2.24) is 10.2 Å². The van der Waals surface area contributed by atoms with Crippen LogP contribution in [0.25, 0.3) is 22.0 Å². The summed E-state index contributed by atoms with van der Waals surface area (Å²) in [6.45, 7) is 6.88. The number of fused-ring (bicyclic) bond motifs is 1. The number of hydrogen-bond acceptors (Lipinski definition) is 6. The molecule has 2 aromatic carbocycles. The van der Waals surface area contributed by atoms with Crippen LogP contribution in [0.3, 0.4) is 0 Å². The highest BCUT2D eigenvalue weighted by Gasteiger charge is 2.68. The van der Waals surface area contributed by atoms with E-state index in [2.05, 4.69) is 31.0 Å². The number of hydrogen-bond donors (Lipinski definition) is 1. The number of aromatic nitrogens is 2. The third-order valence-electron chi connectivity index (χ3n) is 9.55. The molecule has 1 saturated heterocycles. The molecule has 0 amide bonds. The molecule has 1 aliphatic heterocycles. The topological polar surface area (TPSA) is 79.5 Å². The second-order valence-corrected chi connectivity index (χ2v) is 12.1. The zero-order valence-corrected chi connectivity index (χ0v) is 21.2. The van der Waals surface area contributed by atoms with Gasteiger partial charge in [-0.2, -0.15) is 10.2 Å². The average molecular weight is 505 g/mol. The molecule has 5 aliphatic rings. The van der Waals surface area contributed by atoms with Gasteiger partial charge < -0.3 is 19.8 Å². The third-order valence-corrected chi connectivity index (χ3v) is 9.55. The number of nitrogens with zero attached hydrogens (tertiary/aromatic N) is 2. The number of rotatable bonds is 4. The molecule has 1 aromatic heterocycles. The summed E-state index contributed by atoms with van der Waals surface area (Å²) in [5.74, 6) is -0.992. The van der Waals surface area contributed by atoms with Crippen LogP contribution in [0.4, 0.5) is 14.5 Å². The summed E-state index contributed by atoms with van der Waals surface area (Å²) in [5.41, 5.74) is 9.68. The average Bonchev–Trinajstić information content (AvgIpc) is 3.20. The van der Waals surface area contributed by atoms with Crippen LogP contribution in [-0.2, 0) is 9.31 Å². The molecule has 2 bridgehead atoms. The predicted octanol–water partition coefficient (Wildman–Crippen LogP) is 4.99. The van der Waals surface area contributed by atoms with Crippen LogP contribution < -0.4 is 15.9 Å². The highest BCUT2D eigenvalue weighted by molar-refractivity contribution is 6.62. The van der Waals surface area contributed by atoms with Crippen molar-refractivity contribution in [3.8, 4) is 16.9 Å². The molecule has 6 nitrogen and oxygen atoms in total. The first-order valence-corrected chi connectivity index (χ1v) is 13.1. The number of nitrogens with two attached hydrogens (primary N) is 1. The highest BCUT2D eigenvalue weighted by atomic mass is 19.3. The first-order chi connectivity index (χ1) is 17.5. The molecule has 9 heteroatoms. The van der Waals surface area contributed by atoms with Crippen molar-refractivity contribution in [3.05, 3.63) is 42.6 Å². The smallest absolute Gasteiger partial charge is 0.489 e. The Morgan fingerprint density at radius 3 is 2.65 bits per heavy atom. The molecular formula is C28H30BF2N3O3. The van der Waals surface area contributed by atoms with Crippen molar-refractivity contribution in [1.29, 1.82) is 0 Å². The molecule has 4 aliphatic carbocycles. The summed E-state index contributed by atoms with van der Waals surface area (Å²) in [6.07, 6.45) is 2.69. The lowest BCUT2D eigenvalue weighted by Crippen LogP contribution is -2.65. The fourth-order valence-corrected chi connectivity index (χ4v) is 7.15. The molecule has 1 unspecified atom stereocenters. The SMILES string of the molecule is CC1(C)C2C[C@@H]3OB(c4ccc(OC5CC(F)(F)C5)c(-c5ccc6c(N)cnnc6c5)c4)O[C@]3(C)[C@@H]1C2. The van der Waals surface area contributed by atoms with Gasteiger partial charge in [-0.15, -0.1) is 0 Å². The van der Waals surface area contributed by atoms with E-state index in [1.807, 2.05) is 36.4 Å². The molecule has 3 aromatic rings. The van der Waals surface area contributed by atoms with Gasteiger partial charge in [-0.3, -0.25) is 0 Å². The second kappa shape index (κ2) is 7.63. The van der Waals surface area contributed by atoms with Crippen molar-refractivity contribution in [3.63, 3.8) is 0 Å². The van der Waals surface area contributed by atoms with Gasteiger partial charge in [0.25, 0.3) is 5.92 Å². The zero-order valence-electron chi connectivity index (χ0n) is 21.2. The minimum atomic E-state index is -2.66. The number of anilines is 1. The van der Waals surface area contributed by atoms with Crippen molar-refractivity contribution >= 4 is 29.2 Å². The predicted molar refractivity (Wildman–Crippen MR) is 138 cm³/mol. The molecule has 5 fully saturated rings. The Balaban J connectivity index is 1.25. The minimum Gasteiger partial charge on any atom is -0.489 e. The van der Waals surface area contributed by atoms with Crippen LogP contribution in [0, 0.1) is 17.3 Å². The van der Waals surface area contributed by atoms with Crippen LogP contribution in [-0.4, -0.2) is 41.0 Å². The molecule has 2 heterocycles. The Morgan fingerprint density at radius 2 is 1.89 bits per heavy atom. The number of nitrogen functional groups attached to an aromatic ring is 1. The number of alkyl halides is 2. The number of ether oxygens (including phenoxy) is 1. The van der Waals surface area contributed by atoms with Gasteiger partial charge in [-0.25, -0.2) is 8.78 Å². The molecule has 8 rings (SSSR count). The summed E-state index contributed by atoms with van der Waals surface area (Å²) in [7, 11) is -0.498. The van der Waals surface area contributed by atoms with E-state index in [4.69, 9.17) is 19.8 Å². The molecule has 2 N–H and O–H groups in total. The molecule has 4 saturated carbocycles. The lowest BCUT2D eigenvalue weighted by Gasteiger charge is -2.64. The van der Waals surface area contributed by atoms with E-state index in [0.29, 0.717) is 28.8 Å². The first-order valence-electron chi connectivity index (χ1n) is 13.1. The highest BCUT2D eigenvalue weighted by Crippen LogP contribution is 2.65. The van der Waals surface area contributed by atoms with Crippen molar-refractivity contribution < 1.29 is 22.8 Å². The van der Waals surface area contributed by atoms with E-state index in [1.165, 1.54) is 12.6 Å². The lowest BCUT2D eigenvalue weighted by molar-refractivity contribution is -0.199. The normalized spacial score (nSPS) is 31.5. The standard InChI is InChI=1S/C28H30BF2N3O3/c1-26(2)16-9-24(26)27(3)25(10-16)36-29(37-27)17-5-7-23(35-18-12-28(30,31)13-18)20(11-17)15-4-6-19-21(32)14-33-34-22(19)8-15/h4-8,11,14,16,18,24-25H,9-10,12-13H2,1-3H3,(H2,32,34)/t16?,24-,25+,27-/m1/s1. The van der Waals surface area contributed by atoms with Gasteiger partial charge in [-0.1, -0.05) is 32.0 Å². The summed E-state index contributed by atoms with van der Waals surface area (Å²) >= 11 is 0. The van der Waals surface area contributed by atoms with Crippen LogP contribution in [0.15, 0.2) is 42.6 Å². The maximum Gasteiger partial charge on any atom is 0.494 e. The van der Waals surface area contributed by atoms with Crippen molar-refractivity contribution in [2.45, 2.75) is 70.2 Å². The molecular weight excluding hydrogens is 475 g/mol. The summed E-state index contributed by atoms with van der Waals surface area (Å²) < 4.78 is 46.3. The largest absolute Gasteiger partial charge is 0.494 e. The van der Waals surface area contributed by atoms with Gasteiger partial charge in [0.2, 0.25) is 0 Å². The quantitative estimate of drug-likeness (QED) is 0.504. The Labute approximate surface area is 215 Å². The number of benzene rings is 2.